The number of urea groups is 1. The minimum absolute atomic E-state index is 0.0608. The summed E-state index contributed by atoms with van der Waals surface area (Å²) in [5.74, 6) is -0.232. The van der Waals surface area contributed by atoms with Crippen LogP contribution in [0.15, 0.2) is 24.3 Å². The van der Waals surface area contributed by atoms with Crippen molar-refractivity contribution in [3.05, 3.63) is 35.4 Å². The number of carbonyl (C=O) groups is 3. The standard InChI is InChI=1S/C11H10N2O3/c14-7-9-3-1-8(2-4-9)6-13-10(15)5-12-11(13)16/h1-4,7H,5-6H2,(H,12,16). The van der Waals surface area contributed by atoms with Gasteiger partial charge in [-0.05, 0) is 5.56 Å². The highest BCUT2D eigenvalue weighted by Gasteiger charge is 2.28. The second-order valence-electron chi connectivity index (χ2n) is 3.50. The molecule has 1 aromatic rings. The van der Waals surface area contributed by atoms with Gasteiger partial charge in [0.1, 0.15) is 6.29 Å². The number of rotatable bonds is 3. The molecule has 1 aliphatic heterocycles. The van der Waals surface area contributed by atoms with Crippen molar-refractivity contribution in [2.75, 3.05) is 6.54 Å². The largest absolute Gasteiger partial charge is 0.329 e. The zero-order valence-electron chi connectivity index (χ0n) is 8.47. The predicted octanol–water partition coefficient (Wildman–Crippen LogP) is 0.551. The summed E-state index contributed by atoms with van der Waals surface area (Å²) >= 11 is 0. The van der Waals surface area contributed by atoms with Gasteiger partial charge in [0.05, 0.1) is 13.1 Å². The molecule has 0 spiro atoms. The summed E-state index contributed by atoms with van der Waals surface area (Å²) in [6, 6.07) is 6.39. The number of imide groups is 1. The zero-order chi connectivity index (χ0) is 11.5. The summed E-state index contributed by atoms with van der Waals surface area (Å²) in [7, 11) is 0. The molecule has 82 valence electrons. The van der Waals surface area contributed by atoms with Crippen molar-refractivity contribution < 1.29 is 14.4 Å². The minimum atomic E-state index is -0.371. The van der Waals surface area contributed by atoms with Crippen LogP contribution < -0.4 is 5.32 Å². The van der Waals surface area contributed by atoms with Gasteiger partial charge in [-0.1, -0.05) is 24.3 Å². The van der Waals surface area contributed by atoms with Crippen LogP contribution >= 0.6 is 0 Å². The number of carbonyl (C=O) groups excluding carboxylic acids is 3. The third-order valence-corrected chi connectivity index (χ3v) is 2.39. The second kappa shape index (κ2) is 4.14. The second-order valence-corrected chi connectivity index (χ2v) is 3.50. The molecule has 5 nitrogen and oxygen atoms in total. The molecule has 1 aliphatic rings. The third-order valence-electron chi connectivity index (χ3n) is 2.39. The molecule has 1 N–H and O–H groups in total. The fourth-order valence-electron chi connectivity index (χ4n) is 1.50. The van der Waals surface area contributed by atoms with E-state index in [1.54, 1.807) is 24.3 Å². The van der Waals surface area contributed by atoms with Gasteiger partial charge >= 0.3 is 6.03 Å². The summed E-state index contributed by atoms with van der Waals surface area (Å²) in [6.07, 6.45) is 0.748. The Labute approximate surface area is 92.0 Å². The van der Waals surface area contributed by atoms with Gasteiger partial charge in [-0.3, -0.25) is 14.5 Å². The van der Waals surface area contributed by atoms with Crippen molar-refractivity contribution in [2.24, 2.45) is 0 Å². The van der Waals surface area contributed by atoms with Gasteiger partial charge in [0, 0.05) is 5.56 Å². The number of hydrogen-bond donors (Lipinski definition) is 1. The first kappa shape index (κ1) is 10.4. The smallest absolute Gasteiger partial charge is 0.324 e. The number of amides is 3. The SMILES string of the molecule is O=Cc1ccc(CN2C(=O)CNC2=O)cc1. The van der Waals surface area contributed by atoms with Gasteiger partial charge in [0.15, 0.2) is 0 Å². The molecule has 0 aromatic heterocycles. The molecular weight excluding hydrogens is 208 g/mol. The van der Waals surface area contributed by atoms with Crippen molar-refractivity contribution in [3.8, 4) is 0 Å². The first-order valence-corrected chi connectivity index (χ1v) is 4.83. The topological polar surface area (TPSA) is 66.5 Å². The van der Waals surface area contributed by atoms with E-state index in [2.05, 4.69) is 5.32 Å². The maximum atomic E-state index is 11.3. The molecule has 0 unspecified atom stereocenters. The summed E-state index contributed by atoms with van der Waals surface area (Å²) in [4.78, 5) is 34.1. The highest BCUT2D eigenvalue weighted by atomic mass is 16.2. The molecule has 1 heterocycles. The van der Waals surface area contributed by atoms with Crippen molar-refractivity contribution in [3.63, 3.8) is 0 Å². The van der Waals surface area contributed by atoms with Gasteiger partial charge in [-0.2, -0.15) is 0 Å². The summed E-state index contributed by atoms with van der Waals surface area (Å²) < 4.78 is 0. The molecule has 1 saturated heterocycles. The molecule has 0 saturated carbocycles. The maximum Gasteiger partial charge on any atom is 0.324 e. The summed E-state index contributed by atoms with van der Waals surface area (Å²) in [5.41, 5.74) is 1.39. The molecule has 5 heteroatoms. The van der Waals surface area contributed by atoms with Gasteiger partial charge in [0.2, 0.25) is 5.91 Å². The minimum Gasteiger partial charge on any atom is -0.329 e. The summed E-state index contributed by atoms with van der Waals surface area (Å²) in [6.45, 7) is 0.301. The lowest BCUT2D eigenvalue weighted by Gasteiger charge is -2.11. The predicted molar refractivity (Wildman–Crippen MR) is 55.8 cm³/mol. The molecule has 2 rings (SSSR count). The maximum absolute atomic E-state index is 11.3. The van der Waals surface area contributed by atoms with E-state index in [0.717, 1.165) is 16.7 Å². The van der Waals surface area contributed by atoms with E-state index >= 15 is 0 Å². The van der Waals surface area contributed by atoms with Gasteiger partial charge in [-0.15, -0.1) is 0 Å². The number of benzene rings is 1. The highest BCUT2D eigenvalue weighted by Crippen LogP contribution is 2.09. The number of hydrogen-bond acceptors (Lipinski definition) is 3. The zero-order valence-corrected chi connectivity index (χ0v) is 8.47. The van der Waals surface area contributed by atoms with Crippen LogP contribution in [0.1, 0.15) is 15.9 Å². The van der Waals surface area contributed by atoms with Crippen LogP contribution in [0.3, 0.4) is 0 Å². The van der Waals surface area contributed by atoms with E-state index in [4.69, 9.17) is 0 Å². The fourth-order valence-corrected chi connectivity index (χ4v) is 1.50. The van der Waals surface area contributed by atoms with Gasteiger partial charge < -0.3 is 5.32 Å². The molecule has 1 fully saturated rings. The highest BCUT2D eigenvalue weighted by molar-refractivity contribution is 6.01. The Morgan fingerprint density at radius 3 is 2.44 bits per heavy atom. The van der Waals surface area contributed by atoms with Crippen LogP contribution in [-0.4, -0.2) is 29.7 Å². The molecule has 0 atom stereocenters. The van der Waals surface area contributed by atoms with Crippen LogP contribution in [0.4, 0.5) is 4.79 Å². The number of nitrogens with zero attached hydrogens (tertiary/aromatic N) is 1. The Kier molecular flexibility index (Phi) is 2.68. The average molecular weight is 218 g/mol. The first-order chi connectivity index (χ1) is 7.70. The molecule has 1 aromatic carbocycles. The Morgan fingerprint density at radius 1 is 1.25 bits per heavy atom. The van der Waals surface area contributed by atoms with E-state index in [1.165, 1.54) is 0 Å². The van der Waals surface area contributed by atoms with Crippen molar-refractivity contribution in [1.29, 1.82) is 0 Å². The van der Waals surface area contributed by atoms with Crippen molar-refractivity contribution in [2.45, 2.75) is 6.54 Å². The Hall–Kier alpha value is -2.17. The van der Waals surface area contributed by atoms with E-state index in [9.17, 15) is 14.4 Å². The third kappa shape index (κ3) is 1.93. The normalized spacial score (nSPS) is 15.1. The monoisotopic (exact) mass is 218 g/mol. The van der Waals surface area contributed by atoms with Crippen molar-refractivity contribution >= 4 is 18.2 Å². The van der Waals surface area contributed by atoms with Crippen LogP contribution in [0, 0.1) is 0 Å². The van der Waals surface area contributed by atoms with Crippen LogP contribution in [0.25, 0.3) is 0 Å². The Bertz CT molecular complexity index is 423. The molecule has 16 heavy (non-hydrogen) atoms. The van der Waals surface area contributed by atoms with E-state index < -0.39 is 0 Å². The molecule has 0 radical (unpaired) electrons. The molecule has 0 bridgehead atoms. The molecule has 3 amide bonds. The van der Waals surface area contributed by atoms with Gasteiger partial charge in [0.25, 0.3) is 0 Å². The number of aldehydes is 1. The Balaban J connectivity index is 2.11. The molecule has 0 aliphatic carbocycles. The van der Waals surface area contributed by atoms with E-state index in [0.29, 0.717) is 5.56 Å². The van der Waals surface area contributed by atoms with Crippen LogP contribution in [0.5, 0.6) is 0 Å². The van der Waals surface area contributed by atoms with E-state index in [1.807, 2.05) is 0 Å². The lowest BCUT2D eigenvalue weighted by atomic mass is 10.1. The number of nitrogens with one attached hydrogen (secondary N) is 1. The quantitative estimate of drug-likeness (QED) is 0.595. The van der Waals surface area contributed by atoms with Crippen LogP contribution in [0.2, 0.25) is 0 Å². The van der Waals surface area contributed by atoms with Crippen LogP contribution in [-0.2, 0) is 11.3 Å². The van der Waals surface area contributed by atoms with E-state index in [-0.39, 0.29) is 25.0 Å². The molecular formula is C11H10N2O3. The average Bonchev–Trinajstić information content (AvgIpc) is 2.62. The Morgan fingerprint density at radius 2 is 1.94 bits per heavy atom. The lowest BCUT2D eigenvalue weighted by molar-refractivity contribution is -0.125. The van der Waals surface area contributed by atoms with Crippen molar-refractivity contribution in [1.82, 2.24) is 10.2 Å². The van der Waals surface area contributed by atoms with Gasteiger partial charge in [-0.25, -0.2) is 4.79 Å². The lowest BCUT2D eigenvalue weighted by Crippen LogP contribution is -2.30. The summed E-state index contributed by atoms with van der Waals surface area (Å²) in [5, 5.41) is 2.44. The fraction of sp³-hybridized carbons (Fsp3) is 0.182. The first-order valence-electron chi connectivity index (χ1n) is 4.83.